The van der Waals surface area contributed by atoms with Gasteiger partial charge in [0.15, 0.2) is 0 Å². The first-order valence-corrected chi connectivity index (χ1v) is 6.94. The van der Waals surface area contributed by atoms with Crippen molar-refractivity contribution in [3.05, 3.63) is 34.9 Å². The maximum atomic E-state index is 5.63. The number of aryl methyl sites for hydroxylation is 2. The normalized spacial score (nSPS) is 11.2. The molecular formula is C16H27NO. The molecule has 1 rings (SSSR count). The Morgan fingerprint density at radius 2 is 1.89 bits per heavy atom. The lowest BCUT2D eigenvalue weighted by atomic mass is 10.0. The molecule has 0 aliphatic heterocycles. The fourth-order valence-electron chi connectivity index (χ4n) is 1.79. The van der Waals surface area contributed by atoms with Crippen LogP contribution in [0, 0.1) is 19.8 Å². The van der Waals surface area contributed by atoms with Gasteiger partial charge in [0.05, 0.1) is 13.2 Å². The van der Waals surface area contributed by atoms with Gasteiger partial charge in [-0.3, -0.25) is 0 Å². The van der Waals surface area contributed by atoms with Gasteiger partial charge in [0, 0.05) is 6.54 Å². The molecule has 0 fully saturated rings. The van der Waals surface area contributed by atoms with Gasteiger partial charge in [0.25, 0.3) is 0 Å². The molecule has 0 amide bonds. The summed E-state index contributed by atoms with van der Waals surface area (Å²) >= 11 is 0. The minimum atomic E-state index is 0.709. The monoisotopic (exact) mass is 249 g/mol. The zero-order chi connectivity index (χ0) is 13.4. The molecule has 2 nitrogen and oxygen atoms in total. The molecule has 0 saturated heterocycles. The van der Waals surface area contributed by atoms with Crippen LogP contribution >= 0.6 is 0 Å². The Morgan fingerprint density at radius 3 is 2.56 bits per heavy atom. The second kappa shape index (κ2) is 8.28. The van der Waals surface area contributed by atoms with Crippen molar-refractivity contribution >= 4 is 0 Å². The maximum Gasteiger partial charge on any atom is 0.0591 e. The Bertz CT molecular complexity index is 347. The van der Waals surface area contributed by atoms with Crippen LogP contribution in [0.1, 0.15) is 30.5 Å². The van der Waals surface area contributed by atoms with E-state index in [4.69, 9.17) is 4.74 Å². The third kappa shape index (κ3) is 6.18. The molecule has 2 heteroatoms. The van der Waals surface area contributed by atoms with Crippen molar-refractivity contribution in [3.63, 3.8) is 0 Å². The summed E-state index contributed by atoms with van der Waals surface area (Å²) in [5, 5.41) is 3.38. The van der Waals surface area contributed by atoms with Gasteiger partial charge < -0.3 is 10.1 Å². The van der Waals surface area contributed by atoms with Gasteiger partial charge in [0.2, 0.25) is 0 Å². The highest BCUT2D eigenvalue weighted by Gasteiger charge is 1.97. The lowest BCUT2D eigenvalue weighted by Gasteiger charge is -2.09. The van der Waals surface area contributed by atoms with Crippen LogP contribution in [0.25, 0.3) is 0 Å². The van der Waals surface area contributed by atoms with Crippen LogP contribution in [0.2, 0.25) is 0 Å². The summed E-state index contributed by atoms with van der Waals surface area (Å²) in [6.45, 7) is 12.4. The fourth-order valence-corrected chi connectivity index (χ4v) is 1.79. The predicted molar refractivity (Wildman–Crippen MR) is 78.1 cm³/mol. The zero-order valence-electron chi connectivity index (χ0n) is 12.3. The molecule has 18 heavy (non-hydrogen) atoms. The number of hydrogen-bond donors (Lipinski definition) is 1. The van der Waals surface area contributed by atoms with E-state index in [0.717, 1.165) is 32.7 Å². The number of benzene rings is 1. The van der Waals surface area contributed by atoms with E-state index in [1.165, 1.54) is 16.7 Å². The molecule has 0 aliphatic rings. The van der Waals surface area contributed by atoms with E-state index in [2.05, 4.69) is 51.2 Å². The number of nitrogens with one attached hydrogen (secondary N) is 1. The Morgan fingerprint density at radius 1 is 1.11 bits per heavy atom. The van der Waals surface area contributed by atoms with Gasteiger partial charge in [0.1, 0.15) is 0 Å². The van der Waals surface area contributed by atoms with Crippen molar-refractivity contribution in [3.8, 4) is 0 Å². The van der Waals surface area contributed by atoms with E-state index in [9.17, 15) is 0 Å². The summed E-state index contributed by atoms with van der Waals surface area (Å²) in [6, 6.07) is 6.65. The smallest absolute Gasteiger partial charge is 0.0591 e. The summed E-state index contributed by atoms with van der Waals surface area (Å²) in [5.41, 5.74) is 4.09. The van der Waals surface area contributed by atoms with Gasteiger partial charge in [-0.15, -0.1) is 0 Å². The lowest BCUT2D eigenvalue weighted by Crippen LogP contribution is -2.24. The largest absolute Gasteiger partial charge is 0.380 e. The van der Waals surface area contributed by atoms with E-state index < -0.39 is 0 Å². The van der Waals surface area contributed by atoms with E-state index in [-0.39, 0.29) is 0 Å². The van der Waals surface area contributed by atoms with Crippen molar-refractivity contribution in [1.82, 2.24) is 5.32 Å². The van der Waals surface area contributed by atoms with Crippen molar-refractivity contribution in [2.45, 2.75) is 34.1 Å². The van der Waals surface area contributed by atoms with Gasteiger partial charge in [-0.1, -0.05) is 32.0 Å². The molecule has 0 saturated carbocycles. The van der Waals surface area contributed by atoms with Gasteiger partial charge >= 0.3 is 0 Å². The Kier molecular flexibility index (Phi) is 6.99. The quantitative estimate of drug-likeness (QED) is 0.715. The molecule has 102 valence electrons. The first-order chi connectivity index (χ1) is 8.59. The van der Waals surface area contributed by atoms with E-state index in [1.807, 2.05) is 0 Å². The Labute approximate surface area is 112 Å². The lowest BCUT2D eigenvalue weighted by molar-refractivity contribution is 0.138. The van der Waals surface area contributed by atoms with Crippen molar-refractivity contribution in [2.24, 2.45) is 5.92 Å². The van der Waals surface area contributed by atoms with Gasteiger partial charge in [-0.2, -0.15) is 0 Å². The van der Waals surface area contributed by atoms with Crippen LogP contribution in [0.5, 0.6) is 0 Å². The molecular weight excluding hydrogens is 222 g/mol. The van der Waals surface area contributed by atoms with Crippen LogP contribution < -0.4 is 5.32 Å². The molecule has 0 unspecified atom stereocenters. The van der Waals surface area contributed by atoms with E-state index in [1.54, 1.807) is 0 Å². The summed E-state index contributed by atoms with van der Waals surface area (Å²) in [4.78, 5) is 0. The fraction of sp³-hybridized carbons (Fsp3) is 0.625. The molecule has 1 aromatic carbocycles. The standard InChI is InChI=1S/C16H27NO/c1-13(2)12-17-8-10-18-9-7-16-6-5-14(3)15(4)11-16/h5-6,11,13,17H,7-10,12H2,1-4H3. The Hall–Kier alpha value is -0.860. The van der Waals surface area contributed by atoms with Crippen molar-refractivity contribution in [2.75, 3.05) is 26.3 Å². The molecule has 0 aliphatic carbocycles. The molecule has 1 N–H and O–H groups in total. The van der Waals surface area contributed by atoms with Crippen LogP contribution in [-0.2, 0) is 11.2 Å². The third-order valence-electron chi connectivity index (χ3n) is 3.08. The highest BCUT2D eigenvalue weighted by atomic mass is 16.5. The molecule has 0 radical (unpaired) electrons. The summed E-state index contributed by atoms with van der Waals surface area (Å²) in [6.07, 6.45) is 1.01. The summed E-state index contributed by atoms with van der Waals surface area (Å²) < 4.78 is 5.63. The number of ether oxygens (including phenoxy) is 1. The van der Waals surface area contributed by atoms with Crippen LogP contribution in [0.3, 0.4) is 0 Å². The highest BCUT2D eigenvalue weighted by molar-refractivity contribution is 5.29. The molecule has 1 aromatic rings. The second-order valence-corrected chi connectivity index (χ2v) is 5.38. The Balaban J connectivity index is 2.09. The van der Waals surface area contributed by atoms with Crippen LogP contribution in [0.4, 0.5) is 0 Å². The van der Waals surface area contributed by atoms with Crippen LogP contribution in [0.15, 0.2) is 18.2 Å². The number of rotatable bonds is 8. The highest BCUT2D eigenvalue weighted by Crippen LogP contribution is 2.10. The third-order valence-corrected chi connectivity index (χ3v) is 3.08. The van der Waals surface area contributed by atoms with E-state index in [0.29, 0.717) is 5.92 Å². The van der Waals surface area contributed by atoms with E-state index >= 15 is 0 Å². The first kappa shape index (κ1) is 15.2. The van der Waals surface area contributed by atoms with Gasteiger partial charge in [-0.05, 0) is 49.4 Å². The molecule has 0 heterocycles. The SMILES string of the molecule is Cc1ccc(CCOCCNCC(C)C)cc1C. The molecule has 0 spiro atoms. The van der Waals surface area contributed by atoms with Crippen molar-refractivity contribution < 1.29 is 4.74 Å². The van der Waals surface area contributed by atoms with Crippen LogP contribution in [-0.4, -0.2) is 26.3 Å². The minimum Gasteiger partial charge on any atom is -0.380 e. The number of hydrogen-bond acceptors (Lipinski definition) is 2. The van der Waals surface area contributed by atoms with Gasteiger partial charge in [-0.25, -0.2) is 0 Å². The molecule has 0 bridgehead atoms. The molecule has 0 aromatic heterocycles. The zero-order valence-corrected chi connectivity index (χ0v) is 12.3. The predicted octanol–water partition coefficient (Wildman–Crippen LogP) is 3.11. The average Bonchev–Trinajstić information content (AvgIpc) is 2.32. The minimum absolute atomic E-state index is 0.709. The average molecular weight is 249 g/mol. The molecule has 0 atom stereocenters. The first-order valence-electron chi connectivity index (χ1n) is 6.94. The maximum absolute atomic E-state index is 5.63. The summed E-state index contributed by atoms with van der Waals surface area (Å²) in [5.74, 6) is 0.709. The second-order valence-electron chi connectivity index (χ2n) is 5.38. The summed E-state index contributed by atoms with van der Waals surface area (Å²) in [7, 11) is 0. The topological polar surface area (TPSA) is 21.3 Å². The van der Waals surface area contributed by atoms with Crippen molar-refractivity contribution in [1.29, 1.82) is 0 Å².